The highest BCUT2D eigenvalue weighted by Crippen LogP contribution is 2.21. The second-order valence-corrected chi connectivity index (χ2v) is 8.94. The van der Waals surface area contributed by atoms with Gasteiger partial charge in [0.15, 0.2) is 9.84 Å². The molecule has 2 saturated heterocycles. The van der Waals surface area contributed by atoms with Crippen LogP contribution in [0.4, 0.5) is 5.69 Å². The van der Waals surface area contributed by atoms with Crippen molar-refractivity contribution >= 4 is 21.4 Å². The molecule has 1 aromatic carbocycles. The number of amides is 1. The van der Waals surface area contributed by atoms with Crippen LogP contribution in [0.25, 0.3) is 0 Å². The van der Waals surface area contributed by atoms with E-state index >= 15 is 0 Å². The SMILES string of the molecule is CCOC1CCN(C(=O)c2cccc(N3CCS(=O)(=O)CC3)c2)CC1. The Balaban J connectivity index is 1.64. The van der Waals surface area contributed by atoms with E-state index in [4.69, 9.17) is 4.74 Å². The fourth-order valence-corrected chi connectivity index (χ4v) is 4.65. The summed E-state index contributed by atoms with van der Waals surface area (Å²) in [6.07, 6.45) is 2.02. The molecule has 2 aliphatic heterocycles. The van der Waals surface area contributed by atoms with Gasteiger partial charge in [-0.2, -0.15) is 0 Å². The Morgan fingerprint density at radius 2 is 1.84 bits per heavy atom. The van der Waals surface area contributed by atoms with Gasteiger partial charge in [0, 0.05) is 44.0 Å². The molecule has 3 rings (SSSR count). The summed E-state index contributed by atoms with van der Waals surface area (Å²) in [6, 6.07) is 7.53. The number of anilines is 1. The molecule has 7 heteroatoms. The predicted octanol–water partition coefficient (Wildman–Crippen LogP) is 1.56. The molecule has 0 atom stereocenters. The highest BCUT2D eigenvalue weighted by Gasteiger charge is 2.25. The molecule has 0 aromatic heterocycles. The quantitative estimate of drug-likeness (QED) is 0.809. The van der Waals surface area contributed by atoms with Gasteiger partial charge in [0.25, 0.3) is 5.91 Å². The molecule has 0 radical (unpaired) electrons. The smallest absolute Gasteiger partial charge is 0.253 e. The van der Waals surface area contributed by atoms with Crippen molar-refractivity contribution in [3.8, 4) is 0 Å². The third kappa shape index (κ3) is 4.52. The molecule has 0 bridgehead atoms. The average molecular weight is 366 g/mol. The number of carbonyl (C=O) groups excluding carboxylic acids is 1. The zero-order chi connectivity index (χ0) is 17.9. The third-order valence-electron chi connectivity index (χ3n) is 4.93. The van der Waals surface area contributed by atoms with Gasteiger partial charge in [-0.15, -0.1) is 0 Å². The van der Waals surface area contributed by atoms with Crippen LogP contribution in [0.1, 0.15) is 30.1 Å². The van der Waals surface area contributed by atoms with Crippen molar-refractivity contribution < 1.29 is 17.9 Å². The predicted molar refractivity (Wildman–Crippen MR) is 97.9 cm³/mol. The standard InChI is InChI=1S/C18H26N2O4S/c1-2-24-17-6-8-20(9-7-17)18(21)15-4-3-5-16(14-15)19-10-12-25(22,23)13-11-19/h3-5,14,17H,2,6-13H2,1H3. The van der Waals surface area contributed by atoms with Gasteiger partial charge >= 0.3 is 0 Å². The molecule has 6 nitrogen and oxygen atoms in total. The molecule has 1 aromatic rings. The van der Waals surface area contributed by atoms with Crippen LogP contribution >= 0.6 is 0 Å². The Morgan fingerprint density at radius 1 is 1.16 bits per heavy atom. The third-order valence-corrected chi connectivity index (χ3v) is 6.54. The number of piperidine rings is 1. The van der Waals surface area contributed by atoms with Crippen molar-refractivity contribution in [2.24, 2.45) is 0 Å². The molecule has 0 unspecified atom stereocenters. The van der Waals surface area contributed by atoms with Gasteiger partial charge in [-0.05, 0) is 38.0 Å². The molecule has 0 saturated carbocycles. The summed E-state index contributed by atoms with van der Waals surface area (Å²) in [6.45, 7) is 5.12. The Labute approximate surface area is 149 Å². The first-order valence-corrected chi connectivity index (χ1v) is 10.8. The second-order valence-electron chi connectivity index (χ2n) is 6.64. The van der Waals surface area contributed by atoms with E-state index < -0.39 is 9.84 Å². The maximum absolute atomic E-state index is 12.8. The Kier molecular flexibility index (Phi) is 5.64. The normalized spacial score (nSPS) is 21.3. The molecular formula is C18H26N2O4S. The van der Waals surface area contributed by atoms with Gasteiger partial charge in [-0.1, -0.05) is 6.07 Å². The molecule has 0 N–H and O–H groups in total. The van der Waals surface area contributed by atoms with Crippen LogP contribution < -0.4 is 4.90 Å². The lowest BCUT2D eigenvalue weighted by Crippen LogP contribution is -2.41. The Bertz CT molecular complexity index is 698. The number of rotatable bonds is 4. The Morgan fingerprint density at radius 3 is 2.48 bits per heavy atom. The van der Waals surface area contributed by atoms with E-state index in [1.165, 1.54) is 0 Å². The van der Waals surface area contributed by atoms with E-state index in [-0.39, 0.29) is 23.5 Å². The van der Waals surface area contributed by atoms with E-state index in [0.29, 0.717) is 25.3 Å². The number of ether oxygens (including phenoxy) is 1. The highest BCUT2D eigenvalue weighted by atomic mass is 32.2. The molecule has 2 fully saturated rings. The number of hydrogen-bond donors (Lipinski definition) is 0. The summed E-state index contributed by atoms with van der Waals surface area (Å²) in [7, 11) is -2.91. The minimum absolute atomic E-state index is 0.0430. The summed E-state index contributed by atoms with van der Waals surface area (Å²) in [5, 5.41) is 0. The van der Waals surface area contributed by atoms with Crippen LogP contribution in [0, 0.1) is 0 Å². The zero-order valence-corrected chi connectivity index (χ0v) is 15.5. The lowest BCUT2D eigenvalue weighted by atomic mass is 10.1. The van der Waals surface area contributed by atoms with Crippen molar-refractivity contribution in [1.29, 1.82) is 0 Å². The fourth-order valence-electron chi connectivity index (χ4n) is 3.45. The number of carbonyl (C=O) groups is 1. The number of nitrogens with zero attached hydrogens (tertiary/aromatic N) is 2. The number of benzene rings is 1. The van der Waals surface area contributed by atoms with E-state index in [0.717, 1.165) is 31.6 Å². The van der Waals surface area contributed by atoms with Gasteiger partial charge in [0.2, 0.25) is 0 Å². The van der Waals surface area contributed by atoms with Gasteiger partial charge in [-0.25, -0.2) is 8.42 Å². The first kappa shape index (κ1) is 18.2. The van der Waals surface area contributed by atoms with Gasteiger partial charge in [0.1, 0.15) is 0 Å². The number of hydrogen-bond acceptors (Lipinski definition) is 5. The van der Waals surface area contributed by atoms with Crippen molar-refractivity contribution in [2.75, 3.05) is 49.2 Å². The molecular weight excluding hydrogens is 340 g/mol. The van der Waals surface area contributed by atoms with Gasteiger partial charge in [-0.3, -0.25) is 4.79 Å². The van der Waals surface area contributed by atoms with E-state index in [1.54, 1.807) is 0 Å². The van der Waals surface area contributed by atoms with Crippen molar-refractivity contribution in [3.05, 3.63) is 29.8 Å². The van der Waals surface area contributed by atoms with Crippen LogP contribution in [0.2, 0.25) is 0 Å². The largest absolute Gasteiger partial charge is 0.378 e. The lowest BCUT2D eigenvalue weighted by molar-refractivity contribution is 0.0146. The maximum atomic E-state index is 12.8. The molecule has 2 aliphatic rings. The molecule has 25 heavy (non-hydrogen) atoms. The maximum Gasteiger partial charge on any atom is 0.253 e. The second kappa shape index (κ2) is 7.74. The fraction of sp³-hybridized carbons (Fsp3) is 0.611. The highest BCUT2D eigenvalue weighted by molar-refractivity contribution is 7.91. The molecule has 1 amide bonds. The summed E-state index contributed by atoms with van der Waals surface area (Å²) < 4.78 is 28.8. The monoisotopic (exact) mass is 366 g/mol. The topological polar surface area (TPSA) is 66.9 Å². The Hall–Kier alpha value is -1.60. The lowest BCUT2D eigenvalue weighted by Gasteiger charge is -2.32. The molecule has 0 spiro atoms. The van der Waals surface area contributed by atoms with Gasteiger partial charge in [0.05, 0.1) is 17.6 Å². The summed E-state index contributed by atoms with van der Waals surface area (Å²) in [5.74, 6) is 0.396. The van der Waals surface area contributed by atoms with E-state index in [2.05, 4.69) is 0 Å². The van der Waals surface area contributed by atoms with Crippen LogP contribution in [-0.2, 0) is 14.6 Å². The van der Waals surface area contributed by atoms with Crippen molar-refractivity contribution in [2.45, 2.75) is 25.9 Å². The van der Waals surface area contributed by atoms with Crippen LogP contribution in [0.5, 0.6) is 0 Å². The first-order chi connectivity index (χ1) is 12.0. The summed E-state index contributed by atoms with van der Waals surface area (Å²) >= 11 is 0. The van der Waals surface area contributed by atoms with E-state index in [9.17, 15) is 13.2 Å². The van der Waals surface area contributed by atoms with E-state index in [1.807, 2.05) is 41.0 Å². The number of sulfone groups is 1. The molecule has 0 aliphatic carbocycles. The molecule has 2 heterocycles. The van der Waals surface area contributed by atoms with Crippen LogP contribution in [-0.4, -0.2) is 69.6 Å². The van der Waals surface area contributed by atoms with Crippen LogP contribution in [0.3, 0.4) is 0 Å². The van der Waals surface area contributed by atoms with Gasteiger partial charge < -0.3 is 14.5 Å². The van der Waals surface area contributed by atoms with Crippen molar-refractivity contribution in [3.63, 3.8) is 0 Å². The number of likely N-dealkylation sites (tertiary alicyclic amines) is 1. The first-order valence-electron chi connectivity index (χ1n) is 8.95. The molecule has 138 valence electrons. The van der Waals surface area contributed by atoms with Crippen LogP contribution in [0.15, 0.2) is 24.3 Å². The minimum atomic E-state index is -2.91. The zero-order valence-electron chi connectivity index (χ0n) is 14.7. The summed E-state index contributed by atoms with van der Waals surface area (Å²) in [5.41, 5.74) is 1.59. The average Bonchev–Trinajstić information content (AvgIpc) is 2.62. The summed E-state index contributed by atoms with van der Waals surface area (Å²) in [4.78, 5) is 16.7. The van der Waals surface area contributed by atoms with Crippen molar-refractivity contribution in [1.82, 2.24) is 4.90 Å². The minimum Gasteiger partial charge on any atom is -0.378 e.